The quantitative estimate of drug-likeness (QED) is 0.331. The molecule has 0 rings (SSSR count). The molecule has 0 saturated carbocycles. The van der Waals surface area contributed by atoms with Crippen molar-refractivity contribution in [3.05, 3.63) is 12.2 Å². The van der Waals surface area contributed by atoms with Crippen LogP contribution in [-0.4, -0.2) is 29.7 Å². The molecule has 6 nitrogen and oxygen atoms in total. The lowest BCUT2D eigenvalue weighted by Gasteiger charge is -2.05. The van der Waals surface area contributed by atoms with Crippen molar-refractivity contribution in [1.82, 2.24) is 0 Å². The van der Waals surface area contributed by atoms with Crippen molar-refractivity contribution in [3.63, 3.8) is 0 Å². The number of carbonyl (C=O) groups excluding carboxylic acids is 2. The number of aliphatic hydroxyl groups is 1. The third kappa shape index (κ3) is 4.24. The molecule has 74 valence electrons. The zero-order valence-corrected chi connectivity index (χ0v) is 7.15. The van der Waals surface area contributed by atoms with Gasteiger partial charge in [0.15, 0.2) is 0 Å². The Balaban J connectivity index is 3.83. The lowest BCUT2D eigenvalue weighted by molar-refractivity contribution is -0.257. The van der Waals surface area contributed by atoms with Gasteiger partial charge in [-0.15, -0.1) is 0 Å². The molecule has 0 aliphatic carbocycles. The topological polar surface area (TPSA) is 98.9 Å². The van der Waals surface area contributed by atoms with Crippen LogP contribution in [0.15, 0.2) is 12.2 Å². The summed E-state index contributed by atoms with van der Waals surface area (Å²) in [5.74, 6) is -1.88. The summed E-state index contributed by atoms with van der Waals surface area (Å²) in [5.41, 5.74) is 5.13. The SMILES string of the molecule is C=C(C)C(=O)OOC(=O)C(N)CO. The molecule has 0 bridgehead atoms. The zero-order chi connectivity index (χ0) is 10.4. The predicted molar refractivity (Wildman–Crippen MR) is 42.1 cm³/mol. The Kier molecular flexibility index (Phi) is 4.71. The maximum Gasteiger partial charge on any atom is 0.381 e. The van der Waals surface area contributed by atoms with Crippen molar-refractivity contribution in [2.24, 2.45) is 5.73 Å². The van der Waals surface area contributed by atoms with E-state index in [0.717, 1.165) is 0 Å². The molecule has 6 heteroatoms. The van der Waals surface area contributed by atoms with Gasteiger partial charge < -0.3 is 10.8 Å². The minimum atomic E-state index is -1.21. The average molecular weight is 189 g/mol. The summed E-state index contributed by atoms with van der Waals surface area (Å²) >= 11 is 0. The Labute approximate surface area is 74.9 Å². The summed E-state index contributed by atoms with van der Waals surface area (Å²) in [4.78, 5) is 29.3. The molecule has 1 atom stereocenters. The highest BCUT2D eigenvalue weighted by Crippen LogP contribution is 1.94. The van der Waals surface area contributed by atoms with E-state index in [9.17, 15) is 9.59 Å². The van der Waals surface area contributed by atoms with Crippen LogP contribution in [0.2, 0.25) is 0 Å². The van der Waals surface area contributed by atoms with Crippen molar-refractivity contribution < 1.29 is 24.5 Å². The highest BCUT2D eigenvalue weighted by atomic mass is 17.2. The van der Waals surface area contributed by atoms with Gasteiger partial charge in [-0.3, -0.25) is 0 Å². The van der Waals surface area contributed by atoms with Crippen molar-refractivity contribution in [2.75, 3.05) is 6.61 Å². The van der Waals surface area contributed by atoms with E-state index in [4.69, 9.17) is 10.8 Å². The average Bonchev–Trinajstić information content (AvgIpc) is 2.11. The molecule has 0 aromatic heterocycles. The normalized spacial score (nSPS) is 11.6. The summed E-state index contributed by atoms with van der Waals surface area (Å²) in [7, 11) is 0. The molecule has 0 radical (unpaired) electrons. The van der Waals surface area contributed by atoms with Crippen molar-refractivity contribution in [1.29, 1.82) is 0 Å². The number of nitrogens with two attached hydrogens (primary N) is 1. The molecule has 0 heterocycles. The van der Waals surface area contributed by atoms with Crippen molar-refractivity contribution >= 4 is 11.9 Å². The Morgan fingerprint density at radius 3 is 2.46 bits per heavy atom. The molecule has 13 heavy (non-hydrogen) atoms. The van der Waals surface area contributed by atoms with Crippen molar-refractivity contribution in [2.45, 2.75) is 13.0 Å². The molecule has 0 amide bonds. The molecule has 0 aliphatic rings. The van der Waals surface area contributed by atoms with Crippen LogP contribution in [-0.2, 0) is 19.4 Å². The first-order valence-corrected chi connectivity index (χ1v) is 3.43. The van der Waals surface area contributed by atoms with E-state index >= 15 is 0 Å². The van der Waals surface area contributed by atoms with Gasteiger partial charge in [-0.2, -0.15) is 0 Å². The van der Waals surface area contributed by atoms with E-state index < -0.39 is 24.6 Å². The second-order valence-electron chi connectivity index (χ2n) is 2.34. The maximum absolute atomic E-state index is 10.7. The fraction of sp³-hybridized carbons (Fsp3) is 0.429. The van der Waals surface area contributed by atoms with E-state index in [1.54, 1.807) is 0 Å². The molecule has 3 N–H and O–H groups in total. The van der Waals surface area contributed by atoms with E-state index in [2.05, 4.69) is 16.4 Å². The fourth-order valence-corrected chi connectivity index (χ4v) is 0.286. The second-order valence-corrected chi connectivity index (χ2v) is 2.34. The highest BCUT2D eigenvalue weighted by molar-refractivity contribution is 5.87. The molecule has 1 unspecified atom stereocenters. The molecular weight excluding hydrogens is 178 g/mol. The van der Waals surface area contributed by atoms with Gasteiger partial charge in [0, 0.05) is 5.57 Å². The largest absolute Gasteiger partial charge is 0.394 e. The van der Waals surface area contributed by atoms with Crippen LogP contribution < -0.4 is 5.73 Å². The monoisotopic (exact) mass is 189 g/mol. The minimum absolute atomic E-state index is 0.0883. The van der Waals surface area contributed by atoms with Gasteiger partial charge in [-0.25, -0.2) is 19.4 Å². The summed E-state index contributed by atoms with van der Waals surface area (Å²) in [6.07, 6.45) is 0. The van der Waals surface area contributed by atoms with Gasteiger partial charge >= 0.3 is 11.9 Å². The lowest BCUT2D eigenvalue weighted by Crippen LogP contribution is -2.36. The first-order chi connectivity index (χ1) is 5.99. The zero-order valence-electron chi connectivity index (χ0n) is 7.15. The third-order valence-corrected chi connectivity index (χ3v) is 1.05. The van der Waals surface area contributed by atoms with Crippen LogP contribution in [0.5, 0.6) is 0 Å². The molecule has 0 fully saturated rings. The third-order valence-electron chi connectivity index (χ3n) is 1.05. The van der Waals surface area contributed by atoms with Crippen molar-refractivity contribution in [3.8, 4) is 0 Å². The summed E-state index contributed by atoms with van der Waals surface area (Å²) < 4.78 is 0. The molecule has 0 aromatic rings. The Morgan fingerprint density at radius 1 is 1.54 bits per heavy atom. The van der Waals surface area contributed by atoms with Crippen LogP contribution in [0.4, 0.5) is 0 Å². The Hall–Kier alpha value is -1.40. The van der Waals surface area contributed by atoms with E-state index in [-0.39, 0.29) is 5.57 Å². The summed E-state index contributed by atoms with van der Waals surface area (Å²) in [6.45, 7) is 4.06. The van der Waals surface area contributed by atoms with Crippen LogP contribution >= 0.6 is 0 Å². The number of aliphatic hydroxyl groups excluding tert-OH is 1. The Bertz CT molecular complexity index is 225. The number of hydrogen-bond acceptors (Lipinski definition) is 6. The molecular formula is C7H11NO5. The Morgan fingerprint density at radius 2 is 2.08 bits per heavy atom. The van der Waals surface area contributed by atoms with Crippen LogP contribution in [0, 0.1) is 0 Å². The minimum Gasteiger partial charge on any atom is -0.394 e. The first kappa shape index (κ1) is 11.6. The van der Waals surface area contributed by atoms with Gasteiger partial charge in [0.1, 0.15) is 6.04 Å². The number of rotatable bonds is 3. The predicted octanol–water partition coefficient (Wildman–Crippen LogP) is -1.12. The lowest BCUT2D eigenvalue weighted by atomic mass is 10.3. The number of carbonyl (C=O) groups is 2. The number of hydrogen-bond donors (Lipinski definition) is 2. The standard InChI is InChI=1S/C7H11NO5/c1-4(2)6(10)12-13-7(11)5(8)3-9/h5,9H,1,3,8H2,2H3. The maximum atomic E-state index is 10.7. The summed E-state index contributed by atoms with van der Waals surface area (Å²) in [5, 5.41) is 8.40. The molecule has 0 aromatic carbocycles. The smallest absolute Gasteiger partial charge is 0.381 e. The van der Waals surface area contributed by atoms with Crippen LogP contribution in [0.3, 0.4) is 0 Å². The molecule has 0 saturated heterocycles. The van der Waals surface area contributed by atoms with Gasteiger partial charge in [0.25, 0.3) is 0 Å². The van der Waals surface area contributed by atoms with Gasteiger partial charge in [-0.1, -0.05) is 6.58 Å². The van der Waals surface area contributed by atoms with Gasteiger partial charge in [-0.05, 0) is 6.92 Å². The van der Waals surface area contributed by atoms with E-state index in [1.807, 2.05) is 0 Å². The van der Waals surface area contributed by atoms with Crippen LogP contribution in [0.1, 0.15) is 6.92 Å². The van der Waals surface area contributed by atoms with E-state index in [1.165, 1.54) is 6.92 Å². The fourth-order valence-electron chi connectivity index (χ4n) is 0.286. The molecule has 0 aliphatic heterocycles. The first-order valence-electron chi connectivity index (χ1n) is 3.43. The van der Waals surface area contributed by atoms with E-state index in [0.29, 0.717) is 0 Å². The van der Waals surface area contributed by atoms with Gasteiger partial charge in [0.05, 0.1) is 6.61 Å². The van der Waals surface area contributed by atoms with Gasteiger partial charge in [0.2, 0.25) is 0 Å². The second kappa shape index (κ2) is 5.28. The highest BCUT2D eigenvalue weighted by Gasteiger charge is 2.17. The van der Waals surface area contributed by atoms with Crippen LogP contribution in [0.25, 0.3) is 0 Å². The molecule has 0 spiro atoms. The summed E-state index contributed by atoms with van der Waals surface area (Å²) in [6, 6.07) is -1.21.